The van der Waals surface area contributed by atoms with Gasteiger partial charge < -0.3 is 10.6 Å². The van der Waals surface area contributed by atoms with Crippen molar-refractivity contribution in [3.8, 4) is 0 Å². The van der Waals surface area contributed by atoms with Crippen molar-refractivity contribution in [3.63, 3.8) is 0 Å². The lowest BCUT2D eigenvalue weighted by Gasteiger charge is -2.31. The fourth-order valence-electron chi connectivity index (χ4n) is 2.47. The van der Waals surface area contributed by atoms with Crippen LogP contribution in [0.5, 0.6) is 0 Å². The van der Waals surface area contributed by atoms with Crippen molar-refractivity contribution < 1.29 is 0 Å². The van der Waals surface area contributed by atoms with Gasteiger partial charge in [0, 0.05) is 18.8 Å². The first-order valence-electron chi connectivity index (χ1n) is 6.24. The van der Waals surface area contributed by atoms with Crippen LogP contribution in [0.25, 0.3) is 0 Å². The molecule has 4 nitrogen and oxygen atoms in total. The standard InChI is InChI=1S/C12H22N4/c1-15(12-5-3-2-4-6-12)7-8-16-10-11(13)9-14-16/h9-10,12H,2-8,13H2,1H3. The molecule has 1 aromatic heterocycles. The molecule has 2 N–H and O–H groups in total. The number of anilines is 1. The number of hydrogen-bond acceptors (Lipinski definition) is 3. The van der Waals surface area contributed by atoms with Crippen LogP contribution in [-0.4, -0.2) is 34.3 Å². The maximum Gasteiger partial charge on any atom is 0.0719 e. The minimum absolute atomic E-state index is 0.750. The van der Waals surface area contributed by atoms with Gasteiger partial charge in [-0.1, -0.05) is 19.3 Å². The van der Waals surface area contributed by atoms with E-state index >= 15 is 0 Å². The first-order valence-corrected chi connectivity index (χ1v) is 6.24. The van der Waals surface area contributed by atoms with Crippen LogP contribution in [0.4, 0.5) is 5.69 Å². The molecule has 90 valence electrons. The number of hydrogen-bond donors (Lipinski definition) is 1. The lowest BCUT2D eigenvalue weighted by atomic mass is 9.94. The molecule has 1 heterocycles. The lowest BCUT2D eigenvalue weighted by Crippen LogP contribution is -2.35. The third kappa shape index (κ3) is 2.98. The van der Waals surface area contributed by atoms with Crippen molar-refractivity contribution in [2.75, 3.05) is 19.3 Å². The first-order chi connectivity index (χ1) is 7.75. The molecule has 0 aromatic carbocycles. The number of nitrogens with zero attached hydrogens (tertiary/aromatic N) is 3. The fourth-order valence-corrected chi connectivity index (χ4v) is 2.47. The number of likely N-dealkylation sites (N-methyl/N-ethyl adjacent to an activating group) is 1. The van der Waals surface area contributed by atoms with Crippen LogP contribution in [0.1, 0.15) is 32.1 Å². The summed E-state index contributed by atoms with van der Waals surface area (Å²) in [6.07, 6.45) is 10.5. The normalized spacial score (nSPS) is 18.1. The Morgan fingerprint density at radius 2 is 2.19 bits per heavy atom. The quantitative estimate of drug-likeness (QED) is 0.844. The molecule has 1 aromatic rings. The molecule has 0 bridgehead atoms. The van der Waals surface area contributed by atoms with Gasteiger partial charge in [-0.25, -0.2) is 0 Å². The molecule has 0 amide bonds. The summed E-state index contributed by atoms with van der Waals surface area (Å²) in [6, 6.07) is 0.779. The van der Waals surface area contributed by atoms with Gasteiger partial charge in [0.05, 0.1) is 18.4 Å². The molecular weight excluding hydrogens is 200 g/mol. The highest BCUT2D eigenvalue weighted by atomic mass is 15.3. The summed E-state index contributed by atoms with van der Waals surface area (Å²) in [5.74, 6) is 0. The third-order valence-electron chi connectivity index (χ3n) is 3.53. The van der Waals surface area contributed by atoms with E-state index in [9.17, 15) is 0 Å². The molecule has 0 spiro atoms. The van der Waals surface area contributed by atoms with Gasteiger partial charge in [-0.3, -0.25) is 4.68 Å². The van der Waals surface area contributed by atoms with Crippen LogP contribution in [0.15, 0.2) is 12.4 Å². The Morgan fingerprint density at radius 1 is 1.44 bits per heavy atom. The van der Waals surface area contributed by atoms with Gasteiger partial charge in [0.2, 0.25) is 0 Å². The van der Waals surface area contributed by atoms with E-state index in [1.165, 1.54) is 32.1 Å². The van der Waals surface area contributed by atoms with Crippen LogP contribution in [0.3, 0.4) is 0 Å². The fraction of sp³-hybridized carbons (Fsp3) is 0.750. The van der Waals surface area contributed by atoms with E-state index in [4.69, 9.17) is 5.73 Å². The van der Waals surface area contributed by atoms with Gasteiger partial charge in [-0.15, -0.1) is 0 Å². The molecule has 2 rings (SSSR count). The van der Waals surface area contributed by atoms with Gasteiger partial charge >= 0.3 is 0 Å². The van der Waals surface area contributed by atoms with Crippen molar-refractivity contribution >= 4 is 5.69 Å². The van der Waals surface area contributed by atoms with Crippen LogP contribution in [0, 0.1) is 0 Å². The average Bonchev–Trinajstić information content (AvgIpc) is 2.73. The Kier molecular flexibility index (Phi) is 3.83. The van der Waals surface area contributed by atoms with Crippen molar-refractivity contribution in [2.24, 2.45) is 0 Å². The smallest absolute Gasteiger partial charge is 0.0719 e. The van der Waals surface area contributed by atoms with E-state index < -0.39 is 0 Å². The number of rotatable bonds is 4. The zero-order chi connectivity index (χ0) is 11.4. The summed E-state index contributed by atoms with van der Waals surface area (Å²) < 4.78 is 1.93. The average molecular weight is 222 g/mol. The summed E-state index contributed by atoms with van der Waals surface area (Å²) in [5.41, 5.74) is 6.38. The SMILES string of the molecule is CN(CCn1cc(N)cn1)C1CCCCC1. The van der Waals surface area contributed by atoms with E-state index in [0.29, 0.717) is 0 Å². The molecule has 1 aliphatic carbocycles. The van der Waals surface area contributed by atoms with E-state index in [1.807, 2.05) is 10.9 Å². The van der Waals surface area contributed by atoms with Crippen LogP contribution >= 0.6 is 0 Å². The lowest BCUT2D eigenvalue weighted by molar-refractivity contribution is 0.184. The molecule has 0 radical (unpaired) electrons. The molecular formula is C12H22N4. The molecule has 1 fully saturated rings. The molecule has 1 saturated carbocycles. The van der Waals surface area contributed by atoms with Gasteiger partial charge in [0.25, 0.3) is 0 Å². The zero-order valence-corrected chi connectivity index (χ0v) is 10.1. The second-order valence-electron chi connectivity index (χ2n) is 4.81. The van der Waals surface area contributed by atoms with E-state index in [0.717, 1.165) is 24.8 Å². The zero-order valence-electron chi connectivity index (χ0n) is 10.1. The molecule has 16 heavy (non-hydrogen) atoms. The second-order valence-corrected chi connectivity index (χ2v) is 4.81. The number of nitrogens with two attached hydrogens (primary N) is 1. The van der Waals surface area contributed by atoms with Crippen LogP contribution < -0.4 is 5.73 Å². The van der Waals surface area contributed by atoms with E-state index in [1.54, 1.807) is 6.20 Å². The van der Waals surface area contributed by atoms with E-state index in [-0.39, 0.29) is 0 Å². The minimum Gasteiger partial charge on any atom is -0.396 e. The Labute approximate surface area is 97.4 Å². The maximum atomic E-state index is 5.63. The van der Waals surface area contributed by atoms with E-state index in [2.05, 4.69) is 17.0 Å². The summed E-state index contributed by atoms with van der Waals surface area (Å²) >= 11 is 0. The van der Waals surface area contributed by atoms with Crippen molar-refractivity contribution in [1.82, 2.24) is 14.7 Å². The van der Waals surface area contributed by atoms with Crippen LogP contribution in [-0.2, 0) is 6.54 Å². The Bertz CT molecular complexity index is 315. The summed E-state index contributed by atoms with van der Waals surface area (Å²) in [4.78, 5) is 2.47. The predicted octanol–water partition coefficient (Wildman–Crippen LogP) is 1.73. The molecule has 1 aliphatic rings. The maximum absolute atomic E-state index is 5.63. The minimum atomic E-state index is 0.750. The Hall–Kier alpha value is -1.03. The molecule has 4 heteroatoms. The molecule has 0 saturated heterocycles. The largest absolute Gasteiger partial charge is 0.396 e. The highest BCUT2D eigenvalue weighted by Gasteiger charge is 2.17. The van der Waals surface area contributed by atoms with Gasteiger partial charge in [0.15, 0.2) is 0 Å². The van der Waals surface area contributed by atoms with Gasteiger partial charge in [-0.05, 0) is 19.9 Å². The monoisotopic (exact) mass is 222 g/mol. The molecule has 0 aliphatic heterocycles. The Morgan fingerprint density at radius 3 is 2.81 bits per heavy atom. The Balaban J connectivity index is 1.76. The topological polar surface area (TPSA) is 47.1 Å². The summed E-state index contributed by atoms with van der Waals surface area (Å²) in [6.45, 7) is 2.00. The van der Waals surface area contributed by atoms with Gasteiger partial charge in [0.1, 0.15) is 0 Å². The van der Waals surface area contributed by atoms with Crippen molar-refractivity contribution in [1.29, 1.82) is 0 Å². The number of nitrogen functional groups attached to an aromatic ring is 1. The summed E-state index contributed by atoms with van der Waals surface area (Å²) in [5, 5.41) is 4.20. The number of aromatic nitrogens is 2. The van der Waals surface area contributed by atoms with Crippen LogP contribution in [0.2, 0.25) is 0 Å². The molecule has 0 unspecified atom stereocenters. The van der Waals surface area contributed by atoms with Gasteiger partial charge in [-0.2, -0.15) is 5.10 Å². The van der Waals surface area contributed by atoms with Crippen molar-refractivity contribution in [3.05, 3.63) is 12.4 Å². The third-order valence-corrected chi connectivity index (χ3v) is 3.53. The second kappa shape index (κ2) is 5.34. The van der Waals surface area contributed by atoms with Crippen molar-refractivity contribution in [2.45, 2.75) is 44.7 Å². The first kappa shape index (κ1) is 11.5. The summed E-state index contributed by atoms with van der Waals surface area (Å²) in [7, 11) is 2.23. The highest BCUT2D eigenvalue weighted by molar-refractivity contribution is 5.30. The predicted molar refractivity (Wildman–Crippen MR) is 66.1 cm³/mol. The molecule has 0 atom stereocenters. The highest BCUT2D eigenvalue weighted by Crippen LogP contribution is 2.21.